The lowest BCUT2D eigenvalue weighted by atomic mass is 10.0. The van der Waals surface area contributed by atoms with Gasteiger partial charge >= 0.3 is 0 Å². The summed E-state index contributed by atoms with van der Waals surface area (Å²) in [5.41, 5.74) is 3.01. The van der Waals surface area contributed by atoms with Crippen LogP contribution in [0.5, 0.6) is 0 Å². The van der Waals surface area contributed by atoms with E-state index in [1.165, 1.54) is 5.56 Å². The average Bonchev–Trinajstić information content (AvgIpc) is 3.22. The van der Waals surface area contributed by atoms with Crippen LogP contribution in [0.3, 0.4) is 0 Å². The molecule has 112 valence electrons. The van der Waals surface area contributed by atoms with Gasteiger partial charge in [0, 0.05) is 24.1 Å². The lowest BCUT2D eigenvalue weighted by molar-refractivity contribution is 0.431. The Balaban J connectivity index is 1.63. The van der Waals surface area contributed by atoms with E-state index < -0.39 is 0 Å². The Bertz CT molecular complexity index is 782. The van der Waals surface area contributed by atoms with E-state index in [4.69, 9.17) is 4.52 Å². The quantitative estimate of drug-likeness (QED) is 0.735. The molecule has 0 radical (unpaired) electrons. The molecule has 3 aromatic rings. The number of benzene rings is 1. The highest BCUT2D eigenvalue weighted by molar-refractivity contribution is 7.99. The molecular weight excluding hydrogens is 296 g/mol. The Morgan fingerprint density at radius 3 is 2.73 bits per heavy atom. The normalized spacial score (nSPS) is 13.8. The third-order valence-electron chi connectivity index (χ3n) is 3.78. The Kier molecular flexibility index (Phi) is 3.26. The van der Waals surface area contributed by atoms with E-state index in [1.54, 1.807) is 11.8 Å². The Labute approximate surface area is 132 Å². The predicted molar refractivity (Wildman–Crippen MR) is 85.8 cm³/mol. The van der Waals surface area contributed by atoms with E-state index in [9.17, 15) is 0 Å². The molecule has 5 nitrogen and oxygen atoms in total. The molecular formula is C16H16N4OS. The zero-order valence-electron chi connectivity index (χ0n) is 12.5. The molecule has 0 atom stereocenters. The number of hydrogen-bond donors (Lipinski definition) is 0. The predicted octanol–water partition coefficient (Wildman–Crippen LogP) is 3.83. The second-order valence-corrected chi connectivity index (χ2v) is 6.71. The second kappa shape index (κ2) is 5.28. The maximum absolute atomic E-state index is 5.37. The van der Waals surface area contributed by atoms with Crippen LogP contribution in [-0.4, -0.2) is 25.4 Å². The minimum absolute atomic E-state index is 0.477. The van der Waals surface area contributed by atoms with Crippen LogP contribution < -0.4 is 0 Å². The smallest absolute Gasteiger partial charge is 0.278 e. The zero-order chi connectivity index (χ0) is 15.1. The lowest BCUT2D eigenvalue weighted by Gasteiger charge is -2.04. The van der Waals surface area contributed by atoms with Gasteiger partial charge in [-0.25, -0.2) is 4.98 Å². The van der Waals surface area contributed by atoms with Crippen LogP contribution in [0.25, 0.3) is 23.0 Å². The highest BCUT2D eigenvalue weighted by Crippen LogP contribution is 2.29. The van der Waals surface area contributed by atoms with Gasteiger partial charge in [-0.05, 0) is 11.5 Å². The van der Waals surface area contributed by atoms with Gasteiger partial charge in [0.05, 0.1) is 0 Å². The van der Waals surface area contributed by atoms with Gasteiger partial charge in [-0.3, -0.25) is 0 Å². The van der Waals surface area contributed by atoms with Crippen molar-refractivity contribution in [3.63, 3.8) is 0 Å². The molecule has 0 aliphatic carbocycles. The molecule has 0 fully saturated rings. The number of nitrogens with zero attached hydrogens (tertiary/aromatic N) is 4. The minimum Gasteiger partial charge on any atom is -0.332 e. The molecule has 0 saturated heterocycles. The summed E-state index contributed by atoms with van der Waals surface area (Å²) in [6.07, 6.45) is 1.98. The van der Waals surface area contributed by atoms with Crippen molar-refractivity contribution >= 4 is 11.8 Å². The van der Waals surface area contributed by atoms with Gasteiger partial charge in [-0.1, -0.05) is 55.0 Å². The number of hydrogen-bond acceptors (Lipinski definition) is 5. The first-order valence-electron chi connectivity index (χ1n) is 7.35. The molecule has 0 saturated carbocycles. The SMILES string of the molecule is CC(C)c1ccc(-c2noc(-c3cn4c(n3)SCC4)n2)cc1. The lowest BCUT2D eigenvalue weighted by Crippen LogP contribution is -1.89. The van der Waals surface area contributed by atoms with Crippen molar-refractivity contribution in [1.82, 2.24) is 19.7 Å². The van der Waals surface area contributed by atoms with E-state index in [2.05, 4.69) is 45.7 Å². The third-order valence-corrected chi connectivity index (χ3v) is 4.75. The third kappa shape index (κ3) is 2.33. The van der Waals surface area contributed by atoms with E-state index >= 15 is 0 Å². The topological polar surface area (TPSA) is 56.7 Å². The van der Waals surface area contributed by atoms with Crippen molar-refractivity contribution in [1.29, 1.82) is 0 Å². The van der Waals surface area contributed by atoms with Crippen LogP contribution in [0.1, 0.15) is 25.3 Å². The van der Waals surface area contributed by atoms with E-state index in [1.807, 2.05) is 18.3 Å². The Hall–Kier alpha value is -2.08. The maximum Gasteiger partial charge on any atom is 0.278 e. The van der Waals surface area contributed by atoms with Crippen LogP contribution >= 0.6 is 11.8 Å². The summed E-state index contributed by atoms with van der Waals surface area (Å²) in [6, 6.07) is 8.29. The number of aromatic nitrogens is 4. The summed E-state index contributed by atoms with van der Waals surface area (Å²) in [5, 5.41) is 5.10. The van der Waals surface area contributed by atoms with Gasteiger partial charge in [0.25, 0.3) is 5.89 Å². The highest BCUT2D eigenvalue weighted by Gasteiger charge is 2.19. The number of rotatable bonds is 3. The van der Waals surface area contributed by atoms with Gasteiger partial charge in [0.15, 0.2) is 5.16 Å². The van der Waals surface area contributed by atoms with Crippen molar-refractivity contribution in [2.45, 2.75) is 31.5 Å². The van der Waals surface area contributed by atoms with E-state index in [0.717, 1.165) is 28.7 Å². The molecule has 1 aliphatic heterocycles. The second-order valence-electron chi connectivity index (χ2n) is 5.65. The molecule has 0 N–H and O–H groups in total. The molecule has 1 aromatic carbocycles. The molecule has 4 rings (SSSR count). The fourth-order valence-corrected chi connectivity index (χ4v) is 3.42. The Morgan fingerprint density at radius 1 is 1.18 bits per heavy atom. The summed E-state index contributed by atoms with van der Waals surface area (Å²) in [6.45, 7) is 5.35. The van der Waals surface area contributed by atoms with Crippen molar-refractivity contribution in [2.75, 3.05) is 5.75 Å². The van der Waals surface area contributed by atoms with Gasteiger partial charge in [-0.2, -0.15) is 4.98 Å². The molecule has 0 unspecified atom stereocenters. The fourth-order valence-electron chi connectivity index (χ4n) is 2.47. The molecule has 0 spiro atoms. The number of imidazole rings is 1. The van der Waals surface area contributed by atoms with Crippen molar-refractivity contribution < 1.29 is 4.52 Å². The molecule has 0 amide bonds. The van der Waals surface area contributed by atoms with Gasteiger partial charge in [0.2, 0.25) is 5.82 Å². The fraction of sp³-hybridized carbons (Fsp3) is 0.312. The number of aryl methyl sites for hydroxylation is 1. The first-order chi connectivity index (χ1) is 10.7. The largest absolute Gasteiger partial charge is 0.332 e. The monoisotopic (exact) mass is 312 g/mol. The molecule has 1 aliphatic rings. The average molecular weight is 312 g/mol. The molecule has 3 heterocycles. The standard InChI is InChI=1S/C16H16N4OS/c1-10(2)11-3-5-12(6-4-11)14-18-15(21-19-14)13-9-20-7-8-22-16(20)17-13/h3-6,9-10H,7-8H2,1-2H3. The molecule has 6 heteroatoms. The van der Waals surface area contributed by atoms with Crippen LogP contribution in [0.4, 0.5) is 0 Å². The molecule has 0 bridgehead atoms. The first kappa shape index (κ1) is 13.6. The van der Waals surface area contributed by atoms with Gasteiger partial charge in [-0.15, -0.1) is 0 Å². The van der Waals surface area contributed by atoms with Gasteiger partial charge in [0.1, 0.15) is 5.69 Å². The number of fused-ring (bicyclic) bond motifs is 1. The number of thioether (sulfide) groups is 1. The first-order valence-corrected chi connectivity index (χ1v) is 8.33. The summed E-state index contributed by atoms with van der Waals surface area (Å²) in [5.74, 6) is 2.68. The minimum atomic E-state index is 0.477. The van der Waals surface area contributed by atoms with Crippen molar-refractivity contribution in [3.8, 4) is 23.0 Å². The van der Waals surface area contributed by atoms with Crippen molar-refractivity contribution in [3.05, 3.63) is 36.0 Å². The maximum atomic E-state index is 5.37. The van der Waals surface area contributed by atoms with E-state index in [0.29, 0.717) is 17.6 Å². The summed E-state index contributed by atoms with van der Waals surface area (Å²) in [4.78, 5) is 9.01. The van der Waals surface area contributed by atoms with Crippen LogP contribution in [-0.2, 0) is 6.54 Å². The molecule has 22 heavy (non-hydrogen) atoms. The van der Waals surface area contributed by atoms with Crippen LogP contribution in [0.2, 0.25) is 0 Å². The summed E-state index contributed by atoms with van der Waals surface area (Å²) >= 11 is 1.75. The van der Waals surface area contributed by atoms with Crippen LogP contribution in [0, 0.1) is 0 Å². The summed E-state index contributed by atoms with van der Waals surface area (Å²) < 4.78 is 7.50. The van der Waals surface area contributed by atoms with E-state index in [-0.39, 0.29) is 0 Å². The Morgan fingerprint density at radius 2 is 2.00 bits per heavy atom. The van der Waals surface area contributed by atoms with Crippen LogP contribution in [0.15, 0.2) is 40.1 Å². The van der Waals surface area contributed by atoms with Crippen molar-refractivity contribution in [2.24, 2.45) is 0 Å². The molecule has 2 aromatic heterocycles. The van der Waals surface area contributed by atoms with Gasteiger partial charge < -0.3 is 9.09 Å². The zero-order valence-corrected chi connectivity index (χ0v) is 13.3. The summed E-state index contributed by atoms with van der Waals surface area (Å²) in [7, 11) is 0. The highest BCUT2D eigenvalue weighted by atomic mass is 32.2.